The average molecular weight is 936 g/mol. The van der Waals surface area contributed by atoms with Crippen LogP contribution in [0.2, 0.25) is 0 Å². The van der Waals surface area contributed by atoms with Crippen molar-refractivity contribution in [1.82, 2.24) is 20.5 Å². The van der Waals surface area contributed by atoms with E-state index in [0.29, 0.717) is 75.1 Å². The molecule has 2 N–H and O–H groups in total. The topological polar surface area (TPSA) is 166 Å². The standard InChI is InChI=1S/C50H61N7O7S2/c1-34-43(66-33-53-34)37-17-13-36(14-18-37)31-52-45(59)41-12-10-25-55(41)46(60)44(49(2,3)4)54-42(58)32-63-28-11-27-62-26-8-7-9-29-64-40-23-21-39(22-24-40)57-48(65)56(47(61)50(57,5)6)38-19-15-35(30-51)16-20-38/h13-24,33,41,44H,7-12,25-29,31-32H2,1-6H3,(H,52,59)(H,54,58)/t41-,44?/m0/s1. The van der Waals surface area contributed by atoms with Crippen LogP contribution >= 0.6 is 23.6 Å². The van der Waals surface area contributed by atoms with Gasteiger partial charge in [-0.15, -0.1) is 11.3 Å². The van der Waals surface area contributed by atoms with Gasteiger partial charge in [-0.1, -0.05) is 45.0 Å². The smallest absolute Gasteiger partial charge is 0.259 e. The number of anilines is 2. The van der Waals surface area contributed by atoms with Gasteiger partial charge in [-0.2, -0.15) is 5.26 Å². The van der Waals surface area contributed by atoms with Crippen molar-refractivity contribution in [3.63, 3.8) is 0 Å². The van der Waals surface area contributed by atoms with Gasteiger partial charge in [-0.3, -0.25) is 24.1 Å². The number of unbranched alkanes of at least 4 members (excludes halogenated alkanes) is 2. The number of aromatic nitrogens is 1. The third kappa shape index (κ3) is 12.4. The maximum atomic E-state index is 13.9. The molecule has 6 rings (SSSR count). The molecule has 4 amide bonds. The number of carbonyl (C=O) groups excluding carboxylic acids is 4. The molecule has 16 heteroatoms. The first-order valence-electron chi connectivity index (χ1n) is 22.5. The molecule has 0 spiro atoms. The van der Waals surface area contributed by atoms with Crippen molar-refractivity contribution in [2.75, 3.05) is 49.4 Å². The number of ether oxygens (including phenoxy) is 3. The number of benzene rings is 3. The lowest BCUT2D eigenvalue weighted by Crippen LogP contribution is -2.58. The van der Waals surface area contributed by atoms with E-state index in [2.05, 4.69) is 21.7 Å². The molecule has 3 heterocycles. The molecule has 2 aliphatic heterocycles. The van der Waals surface area contributed by atoms with E-state index in [4.69, 9.17) is 31.7 Å². The normalized spacial score (nSPS) is 16.3. The predicted octanol–water partition coefficient (Wildman–Crippen LogP) is 7.72. The highest BCUT2D eigenvalue weighted by Gasteiger charge is 2.50. The largest absolute Gasteiger partial charge is 0.494 e. The third-order valence-electron chi connectivity index (χ3n) is 11.7. The molecule has 3 aromatic carbocycles. The lowest BCUT2D eigenvalue weighted by molar-refractivity contribution is -0.144. The highest BCUT2D eigenvalue weighted by Crippen LogP contribution is 2.37. The molecule has 2 atom stereocenters. The van der Waals surface area contributed by atoms with Gasteiger partial charge < -0.3 is 34.6 Å². The van der Waals surface area contributed by atoms with Gasteiger partial charge in [0.1, 0.15) is 30.0 Å². The lowest BCUT2D eigenvalue weighted by Gasteiger charge is -2.35. The fraction of sp³-hybridized carbons (Fsp3) is 0.460. The maximum Gasteiger partial charge on any atom is 0.259 e. The Kier molecular flexibility index (Phi) is 17.1. The summed E-state index contributed by atoms with van der Waals surface area (Å²) in [5, 5.41) is 15.4. The zero-order chi connectivity index (χ0) is 47.4. The molecule has 2 aliphatic rings. The number of amides is 4. The second kappa shape index (κ2) is 22.6. The van der Waals surface area contributed by atoms with Gasteiger partial charge in [0.2, 0.25) is 17.7 Å². The number of nitrogens with one attached hydrogen (secondary N) is 2. The van der Waals surface area contributed by atoms with Crippen molar-refractivity contribution in [2.45, 2.75) is 104 Å². The second-order valence-electron chi connectivity index (χ2n) is 18.1. The Balaban J connectivity index is 0.827. The first-order valence-corrected chi connectivity index (χ1v) is 23.8. The number of thiazole rings is 1. The van der Waals surface area contributed by atoms with Crippen molar-refractivity contribution < 1.29 is 33.4 Å². The van der Waals surface area contributed by atoms with Crippen molar-refractivity contribution in [3.05, 3.63) is 95.1 Å². The van der Waals surface area contributed by atoms with Crippen LogP contribution in [0.15, 0.2) is 78.3 Å². The van der Waals surface area contributed by atoms with E-state index in [1.165, 1.54) is 4.90 Å². The highest BCUT2D eigenvalue weighted by atomic mass is 32.1. The van der Waals surface area contributed by atoms with E-state index < -0.39 is 23.0 Å². The van der Waals surface area contributed by atoms with Crippen LogP contribution in [-0.4, -0.2) is 95.8 Å². The van der Waals surface area contributed by atoms with E-state index in [-0.39, 0.29) is 30.2 Å². The average Bonchev–Trinajstić information content (AvgIpc) is 4.01. The van der Waals surface area contributed by atoms with Crippen molar-refractivity contribution in [1.29, 1.82) is 5.26 Å². The molecule has 66 heavy (non-hydrogen) atoms. The monoisotopic (exact) mass is 935 g/mol. The number of rotatable bonds is 21. The van der Waals surface area contributed by atoms with Crippen LogP contribution in [0.4, 0.5) is 11.4 Å². The first kappa shape index (κ1) is 49.7. The highest BCUT2D eigenvalue weighted by molar-refractivity contribution is 7.81. The van der Waals surface area contributed by atoms with E-state index >= 15 is 0 Å². The first-order chi connectivity index (χ1) is 31.6. The van der Waals surface area contributed by atoms with Crippen LogP contribution in [0.25, 0.3) is 10.4 Å². The Morgan fingerprint density at radius 1 is 0.924 bits per heavy atom. The number of hydrogen-bond donors (Lipinski definition) is 2. The summed E-state index contributed by atoms with van der Waals surface area (Å²) in [5.74, 6) is -0.285. The van der Waals surface area contributed by atoms with E-state index in [1.54, 1.807) is 40.5 Å². The lowest BCUT2D eigenvalue weighted by atomic mass is 9.85. The molecular weight excluding hydrogens is 875 g/mol. The van der Waals surface area contributed by atoms with Crippen LogP contribution in [0.1, 0.15) is 90.0 Å². The zero-order valence-electron chi connectivity index (χ0n) is 38.8. The Labute approximate surface area is 397 Å². The van der Waals surface area contributed by atoms with Gasteiger partial charge in [0.25, 0.3) is 5.91 Å². The van der Waals surface area contributed by atoms with Gasteiger partial charge in [0, 0.05) is 38.6 Å². The molecule has 14 nitrogen and oxygen atoms in total. The fourth-order valence-electron chi connectivity index (χ4n) is 8.02. The molecular formula is C50H61N7O7S2. The van der Waals surface area contributed by atoms with E-state index in [9.17, 15) is 19.2 Å². The Hall–Kier alpha value is -5.73. The van der Waals surface area contributed by atoms with Crippen LogP contribution in [0.3, 0.4) is 0 Å². The minimum atomic E-state index is -0.904. The summed E-state index contributed by atoms with van der Waals surface area (Å²) in [5.41, 5.74) is 5.27. The summed E-state index contributed by atoms with van der Waals surface area (Å²) in [7, 11) is 0. The number of nitrogens with zero attached hydrogens (tertiary/aromatic N) is 5. The van der Waals surface area contributed by atoms with Crippen LogP contribution in [0, 0.1) is 23.7 Å². The Bertz CT molecular complexity index is 2360. The Morgan fingerprint density at radius 3 is 2.26 bits per heavy atom. The van der Waals surface area contributed by atoms with Gasteiger partial charge in [-0.25, -0.2) is 4.98 Å². The maximum absolute atomic E-state index is 13.9. The number of likely N-dealkylation sites (tertiary alicyclic amines) is 1. The molecule has 0 radical (unpaired) electrons. The summed E-state index contributed by atoms with van der Waals surface area (Å²) < 4.78 is 17.4. The molecule has 1 unspecified atom stereocenters. The Morgan fingerprint density at radius 2 is 1.59 bits per heavy atom. The number of aryl methyl sites for hydroxylation is 1. The summed E-state index contributed by atoms with van der Waals surface area (Å²) in [6, 6.07) is 23.0. The predicted molar refractivity (Wildman–Crippen MR) is 260 cm³/mol. The SMILES string of the molecule is Cc1ncsc1-c1ccc(CNC(=O)[C@@H]2CCCN2C(=O)C(NC(=O)COCCCOCCCCCOc2ccc(N3C(=S)N(c4ccc(C#N)cc4)C(=O)C3(C)C)cc2)C(C)(C)C)cc1. The molecule has 2 saturated heterocycles. The minimum absolute atomic E-state index is 0.148. The van der Waals surface area contributed by atoms with Crippen LogP contribution < -0.4 is 25.2 Å². The van der Waals surface area contributed by atoms with Gasteiger partial charge in [0.15, 0.2) is 5.11 Å². The van der Waals surface area contributed by atoms with Crippen molar-refractivity contribution in [3.8, 4) is 22.3 Å². The molecule has 1 aromatic heterocycles. The molecule has 0 bridgehead atoms. The van der Waals surface area contributed by atoms with E-state index in [0.717, 1.165) is 52.4 Å². The molecule has 350 valence electrons. The summed E-state index contributed by atoms with van der Waals surface area (Å²) in [6.45, 7) is 14.0. The quantitative estimate of drug-likeness (QED) is 0.0621. The summed E-state index contributed by atoms with van der Waals surface area (Å²) in [6.07, 6.45) is 4.55. The molecule has 0 aliphatic carbocycles. The van der Waals surface area contributed by atoms with Gasteiger partial charge in [-0.05, 0) is 137 Å². The molecule has 0 saturated carbocycles. The second-order valence-corrected chi connectivity index (χ2v) is 19.4. The van der Waals surface area contributed by atoms with Gasteiger partial charge >= 0.3 is 0 Å². The van der Waals surface area contributed by atoms with Crippen molar-refractivity contribution in [2.24, 2.45) is 5.41 Å². The number of thiocarbonyl (C=S) groups is 1. The van der Waals surface area contributed by atoms with E-state index in [1.807, 2.05) is 100 Å². The van der Waals surface area contributed by atoms with Crippen molar-refractivity contribution >= 4 is 63.7 Å². The fourth-order valence-corrected chi connectivity index (χ4v) is 9.35. The number of carbonyl (C=O) groups is 4. The number of nitriles is 1. The van der Waals surface area contributed by atoms with Gasteiger partial charge in [0.05, 0.1) is 40.0 Å². The van der Waals surface area contributed by atoms with Crippen LogP contribution in [-0.2, 0) is 35.2 Å². The molecule has 2 fully saturated rings. The number of hydrogen-bond acceptors (Lipinski definition) is 11. The zero-order valence-corrected chi connectivity index (χ0v) is 40.4. The summed E-state index contributed by atoms with van der Waals surface area (Å²) in [4.78, 5) is 64.1. The van der Waals surface area contributed by atoms with Crippen LogP contribution in [0.5, 0.6) is 5.75 Å². The summed E-state index contributed by atoms with van der Waals surface area (Å²) >= 11 is 7.37. The molecule has 4 aromatic rings. The minimum Gasteiger partial charge on any atom is -0.494 e. The third-order valence-corrected chi connectivity index (χ3v) is 13.1.